The first kappa shape index (κ1) is 11.5. The second-order valence-electron chi connectivity index (χ2n) is 4.27. The molecule has 0 spiro atoms. The molecule has 0 aromatic carbocycles. The maximum Gasteiger partial charge on any atom is 0.0311 e. The molecule has 1 aliphatic rings. The van der Waals surface area contributed by atoms with Gasteiger partial charge in [0.1, 0.15) is 0 Å². The van der Waals surface area contributed by atoms with Crippen molar-refractivity contribution in [1.29, 1.82) is 0 Å². The van der Waals surface area contributed by atoms with Crippen molar-refractivity contribution in [3.8, 4) is 0 Å². The Morgan fingerprint density at radius 1 is 1.57 bits per heavy atom. The first-order valence-corrected chi connectivity index (χ1v) is 5.80. The van der Waals surface area contributed by atoms with Crippen molar-refractivity contribution in [1.82, 2.24) is 5.32 Å². The Morgan fingerprint density at radius 2 is 2.36 bits per heavy atom. The lowest BCUT2D eigenvalue weighted by Gasteiger charge is -2.21. The van der Waals surface area contributed by atoms with Crippen LogP contribution in [0.5, 0.6) is 0 Å². The van der Waals surface area contributed by atoms with E-state index >= 15 is 0 Å². The van der Waals surface area contributed by atoms with E-state index in [9.17, 15) is 0 Å². The predicted octanol–water partition coefficient (Wildman–Crippen LogP) is 3.43. The summed E-state index contributed by atoms with van der Waals surface area (Å²) in [5.74, 6) is 0. The quantitative estimate of drug-likeness (QED) is 0.660. The standard InChI is InChI=1S/C13H23N/c1-4-14-13(11(2)3)10-12-8-6-5-7-9-12/h8,13-14H,2,4-7,9-10H2,1,3H3. The molecule has 0 bridgehead atoms. The molecule has 1 N–H and O–H groups in total. The highest BCUT2D eigenvalue weighted by Gasteiger charge is 2.11. The Labute approximate surface area is 88.3 Å². The molecular weight excluding hydrogens is 170 g/mol. The fourth-order valence-electron chi connectivity index (χ4n) is 2.02. The molecule has 0 fully saturated rings. The van der Waals surface area contributed by atoms with Gasteiger partial charge in [-0.3, -0.25) is 0 Å². The van der Waals surface area contributed by atoms with Crippen LogP contribution in [-0.2, 0) is 0 Å². The van der Waals surface area contributed by atoms with Gasteiger partial charge in [-0.2, -0.15) is 0 Å². The highest BCUT2D eigenvalue weighted by molar-refractivity contribution is 5.13. The van der Waals surface area contributed by atoms with Gasteiger partial charge in [0, 0.05) is 6.04 Å². The van der Waals surface area contributed by atoms with Crippen LogP contribution >= 0.6 is 0 Å². The van der Waals surface area contributed by atoms with Crippen LogP contribution in [0.25, 0.3) is 0 Å². The van der Waals surface area contributed by atoms with Crippen LogP contribution in [0, 0.1) is 0 Å². The largest absolute Gasteiger partial charge is 0.310 e. The van der Waals surface area contributed by atoms with Crippen LogP contribution in [-0.4, -0.2) is 12.6 Å². The Morgan fingerprint density at radius 3 is 2.86 bits per heavy atom. The van der Waals surface area contributed by atoms with E-state index in [1.807, 2.05) is 0 Å². The summed E-state index contributed by atoms with van der Waals surface area (Å²) < 4.78 is 0. The van der Waals surface area contributed by atoms with Gasteiger partial charge in [0.2, 0.25) is 0 Å². The molecule has 0 heterocycles. The third-order valence-electron chi connectivity index (χ3n) is 2.90. The molecule has 1 aliphatic carbocycles. The second-order valence-corrected chi connectivity index (χ2v) is 4.27. The molecule has 0 saturated heterocycles. The van der Waals surface area contributed by atoms with E-state index < -0.39 is 0 Å². The van der Waals surface area contributed by atoms with Gasteiger partial charge >= 0.3 is 0 Å². The predicted molar refractivity (Wildman–Crippen MR) is 63.4 cm³/mol. The zero-order chi connectivity index (χ0) is 10.4. The monoisotopic (exact) mass is 193 g/mol. The van der Waals surface area contributed by atoms with Crippen LogP contribution in [0.1, 0.15) is 46.0 Å². The molecule has 0 radical (unpaired) electrons. The maximum absolute atomic E-state index is 4.05. The van der Waals surface area contributed by atoms with Crippen molar-refractivity contribution in [2.75, 3.05) is 6.54 Å². The van der Waals surface area contributed by atoms with Crippen molar-refractivity contribution in [2.45, 2.75) is 52.0 Å². The van der Waals surface area contributed by atoms with E-state index in [-0.39, 0.29) is 0 Å². The second kappa shape index (κ2) is 6.02. The highest BCUT2D eigenvalue weighted by Crippen LogP contribution is 2.22. The van der Waals surface area contributed by atoms with Gasteiger partial charge in [0.25, 0.3) is 0 Å². The van der Waals surface area contributed by atoms with Crippen LogP contribution in [0.2, 0.25) is 0 Å². The Bertz CT molecular complexity index is 215. The molecule has 1 rings (SSSR count). The molecule has 80 valence electrons. The summed E-state index contributed by atoms with van der Waals surface area (Å²) in [7, 11) is 0. The van der Waals surface area contributed by atoms with Crippen LogP contribution in [0.15, 0.2) is 23.8 Å². The number of rotatable bonds is 5. The first-order chi connectivity index (χ1) is 6.74. The van der Waals surface area contributed by atoms with Crippen molar-refractivity contribution in [2.24, 2.45) is 0 Å². The summed E-state index contributed by atoms with van der Waals surface area (Å²) in [6.07, 6.45) is 8.93. The fraction of sp³-hybridized carbons (Fsp3) is 0.692. The number of likely N-dealkylation sites (N-methyl/N-ethyl adjacent to an activating group) is 1. The summed E-state index contributed by atoms with van der Waals surface area (Å²) in [6, 6.07) is 0.490. The van der Waals surface area contributed by atoms with E-state index in [2.05, 4.69) is 31.8 Å². The molecular formula is C13H23N. The van der Waals surface area contributed by atoms with Gasteiger partial charge in [-0.1, -0.05) is 30.7 Å². The normalized spacial score (nSPS) is 18.9. The van der Waals surface area contributed by atoms with E-state index in [0.29, 0.717) is 6.04 Å². The van der Waals surface area contributed by atoms with Gasteiger partial charge < -0.3 is 5.32 Å². The van der Waals surface area contributed by atoms with Crippen molar-refractivity contribution in [3.63, 3.8) is 0 Å². The molecule has 1 heteroatoms. The number of allylic oxidation sites excluding steroid dienone is 1. The Balaban J connectivity index is 2.45. The number of hydrogen-bond donors (Lipinski definition) is 1. The maximum atomic E-state index is 4.05. The lowest BCUT2D eigenvalue weighted by molar-refractivity contribution is 0.560. The molecule has 1 nitrogen and oxygen atoms in total. The van der Waals surface area contributed by atoms with Crippen molar-refractivity contribution < 1.29 is 0 Å². The smallest absolute Gasteiger partial charge is 0.0311 e. The van der Waals surface area contributed by atoms with Crippen LogP contribution in [0.3, 0.4) is 0 Å². The molecule has 1 unspecified atom stereocenters. The van der Waals surface area contributed by atoms with Crippen LogP contribution < -0.4 is 5.32 Å². The summed E-state index contributed by atoms with van der Waals surface area (Å²) >= 11 is 0. The SMILES string of the molecule is C=C(C)C(CC1=CCCCC1)NCC. The average Bonchev–Trinajstić information content (AvgIpc) is 2.18. The number of hydrogen-bond acceptors (Lipinski definition) is 1. The average molecular weight is 193 g/mol. The summed E-state index contributed by atoms with van der Waals surface area (Å²) in [5, 5.41) is 3.49. The summed E-state index contributed by atoms with van der Waals surface area (Å²) in [6.45, 7) is 9.36. The Hall–Kier alpha value is -0.560. The number of nitrogens with one attached hydrogen (secondary N) is 1. The van der Waals surface area contributed by atoms with Gasteiger partial charge in [-0.25, -0.2) is 0 Å². The third-order valence-corrected chi connectivity index (χ3v) is 2.90. The topological polar surface area (TPSA) is 12.0 Å². The summed E-state index contributed by atoms with van der Waals surface area (Å²) in [5.41, 5.74) is 2.89. The van der Waals surface area contributed by atoms with E-state index in [1.54, 1.807) is 5.57 Å². The van der Waals surface area contributed by atoms with E-state index in [4.69, 9.17) is 0 Å². The minimum absolute atomic E-state index is 0.490. The molecule has 0 amide bonds. The van der Waals surface area contributed by atoms with E-state index in [1.165, 1.54) is 37.7 Å². The zero-order valence-electron chi connectivity index (χ0n) is 9.60. The van der Waals surface area contributed by atoms with E-state index in [0.717, 1.165) is 6.54 Å². The lowest BCUT2D eigenvalue weighted by Crippen LogP contribution is -2.30. The molecule has 1 atom stereocenters. The minimum Gasteiger partial charge on any atom is -0.310 e. The minimum atomic E-state index is 0.490. The van der Waals surface area contributed by atoms with Crippen molar-refractivity contribution >= 4 is 0 Å². The summed E-state index contributed by atoms with van der Waals surface area (Å²) in [4.78, 5) is 0. The zero-order valence-corrected chi connectivity index (χ0v) is 9.60. The molecule has 0 aromatic heterocycles. The fourth-order valence-corrected chi connectivity index (χ4v) is 2.02. The first-order valence-electron chi connectivity index (χ1n) is 5.80. The lowest BCUT2D eigenvalue weighted by atomic mass is 9.92. The van der Waals surface area contributed by atoms with Gasteiger partial charge in [0.05, 0.1) is 0 Å². The van der Waals surface area contributed by atoms with Gasteiger partial charge in [0.15, 0.2) is 0 Å². The molecule has 0 aliphatic heterocycles. The van der Waals surface area contributed by atoms with Crippen LogP contribution in [0.4, 0.5) is 0 Å². The van der Waals surface area contributed by atoms with Gasteiger partial charge in [-0.05, 0) is 45.6 Å². The molecule has 0 saturated carbocycles. The molecule has 0 aromatic rings. The highest BCUT2D eigenvalue weighted by atomic mass is 14.9. The van der Waals surface area contributed by atoms with Gasteiger partial charge in [-0.15, -0.1) is 0 Å². The third kappa shape index (κ3) is 3.67. The molecule has 14 heavy (non-hydrogen) atoms. The Kier molecular flexibility index (Phi) is 4.95. The van der Waals surface area contributed by atoms with Crippen molar-refractivity contribution in [3.05, 3.63) is 23.8 Å².